The van der Waals surface area contributed by atoms with Gasteiger partial charge in [0, 0.05) is 23.9 Å². The Kier molecular flexibility index (Phi) is 7.37. The van der Waals surface area contributed by atoms with Gasteiger partial charge in [-0.2, -0.15) is 9.57 Å². The lowest BCUT2D eigenvalue weighted by Crippen LogP contribution is -2.36. The lowest BCUT2D eigenvalue weighted by molar-refractivity contribution is 0.316. The summed E-state index contributed by atoms with van der Waals surface area (Å²) < 4.78 is 30.9. The molecule has 2 aromatic carbocycles. The van der Waals surface area contributed by atoms with Crippen LogP contribution < -0.4 is 4.74 Å². The fraction of sp³-hybridized carbons (Fsp3) is 0.370. The molecule has 2 heterocycles. The van der Waals surface area contributed by atoms with Gasteiger partial charge in [-0.1, -0.05) is 56.6 Å². The van der Waals surface area contributed by atoms with Crippen LogP contribution in [0.2, 0.25) is 5.02 Å². The predicted molar refractivity (Wildman–Crippen MR) is 141 cm³/mol. The third-order valence-corrected chi connectivity index (χ3v) is 8.09. The first kappa shape index (κ1) is 26.1. The van der Waals surface area contributed by atoms with Crippen molar-refractivity contribution in [3.8, 4) is 23.1 Å². The number of rotatable bonds is 7. The fourth-order valence-electron chi connectivity index (χ4n) is 4.30. The molecule has 7 nitrogen and oxygen atoms in total. The molecule has 9 heteroatoms. The van der Waals surface area contributed by atoms with Crippen LogP contribution in [0, 0.1) is 11.3 Å². The summed E-state index contributed by atoms with van der Waals surface area (Å²) in [4.78, 5) is 9.28. The van der Waals surface area contributed by atoms with E-state index in [-0.39, 0.29) is 6.54 Å². The normalized spacial score (nSPS) is 14.2. The first-order chi connectivity index (χ1) is 17.0. The first-order valence-corrected chi connectivity index (χ1v) is 14.0. The number of hydrogen-bond donors (Lipinski definition) is 0. The van der Waals surface area contributed by atoms with E-state index in [4.69, 9.17) is 21.3 Å². The highest BCUT2D eigenvalue weighted by atomic mass is 35.5. The van der Waals surface area contributed by atoms with E-state index >= 15 is 0 Å². The number of benzene rings is 2. The zero-order valence-corrected chi connectivity index (χ0v) is 22.4. The van der Waals surface area contributed by atoms with Gasteiger partial charge in [0.15, 0.2) is 5.75 Å². The Balaban J connectivity index is 1.60. The predicted octanol–water partition coefficient (Wildman–Crippen LogP) is 5.10. The molecule has 36 heavy (non-hydrogen) atoms. The molecule has 188 valence electrons. The molecule has 4 rings (SSSR count). The maximum absolute atomic E-state index is 11.9. The Morgan fingerprint density at radius 2 is 1.89 bits per heavy atom. The van der Waals surface area contributed by atoms with Crippen LogP contribution >= 0.6 is 11.6 Å². The molecule has 1 aliphatic rings. The Morgan fingerprint density at radius 3 is 2.53 bits per heavy atom. The van der Waals surface area contributed by atoms with Gasteiger partial charge in [0.05, 0.1) is 53.3 Å². The highest BCUT2D eigenvalue weighted by Gasteiger charge is 2.27. The van der Waals surface area contributed by atoms with Crippen LogP contribution in [0.25, 0.3) is 11.3 Å². The third-order valence-electron chi connectivity index (χ3n) is 6.56. The Hall–Kier alpha value is -2.99. The average molecular weight is 525 g/mol. The second-order valence-corrected chi connectivity index (χ2v) is 11.9. The summed E-state index contributed by atoms with van der Waals surface area (Å²) in [6.45, 7) is 7.35. The molecule has 0 saturated heterocycles. The van der Waals surface area contributed by atoms with Crippen molar-refractivity contribution in [1.29, 1.82) is 5.26 Å². The van der Waals surface area contributed by atoms with E-state index in [9.17, 15) is 13.7 Å². The van der Waals surface area contributed by atoms with Crippen molar-refractivity contribution in [3.63, 3.8) is 0 Å². The smallest absolute Gasteiger partial charge is 0.211 e. The number of hydrogen-bond acceptors (Lipinski definition) is 6. The van der Waals surface area contributed by atoms with Crippen molar-refractivity contribution >= 4 is 21.6 Å². The highest BCUT2D eigenvalue weighted by molar-refractivity contribution is 7.88. The standard InChI is InChI=1S/C27H29ClN4O3S/c1-5-12-35-26-19(15-29)13-21(14-22(26)28)27(2,3)20-8-6-18(7-9-20)24-16-30-25-17-32(36(4,33)34)11-10-23(25)31-24/h6-9,13-14,16H,5,10-12,17H2,1-4H3. The largest absolute Gasteiger partial charge is 0.491 e. The minimum atomic E-state index is -3.25. The van der Waals surface area contributed by atoms with Crippen molar-refractivity contribution < 1.29 is 13.2 Å². The number of nitrogens with zero attached hydrogens (tertiary/aromatic N) is 4. The molecule has 0 atom stereocenters. The van der Waals surface area contributed by atoms with E-state index in [0.29, 0.717) is 41.6 Å². The molecule has 0 radical (unpaired) electrons. The third kappa shape index (κ3) is 5.24. The summed E-state index contributed by atoms with van der Waals surface area (Å²) in [6, 6.07) is 14.0. The van der Waals surface area contributed by atoms with Gasteiger partial charge in [-0.05, 0) is 29.7 Å². The van der Waals surface area contributed by atoms with E-state index in [1.165, 1.54) is 10.6 Å². The van der Waals surface area contributed by atoms with Gasteiger partial charge in [-0.15, -0.1) is 0 Å². The second-order valence-electron chi connectivity index (χ2n) is 9.49. The number of fused-ring (bicyclic) bond motifs is 1. The van der Waals surface area contributed by atoms with E-state index in [1.807, 2.05) is 43.3 Å². The minimum absolute atomic E-state index is 0.254. The molecule has 0 saturated carbocycles. The van der Waals surface area contributed by atoms with Gasteiger partial charge in [0.1, 0.15) is 6.07 Å². The van der Waals surface area contributed by atoms with Gasteiger partial charge < -0.3 is 4.74 Å². The maximum Gasteiger partial charge on any atom is 0.211 e. The topological polar surface area (TPSA) is 96.2 Å². The van der Waals surface area contributed by atoms with Crippen LogP contribution in [0.5, 0.6) is 5.75 Å². The molecule has 3 aromatic rings. The monoisotopic (exact) mass is 524 g/mol. The molecular weight excluding hydrogens is 496 g/mol. The second kappa shape index (κ2) is 10.2. The molecule has 0 amide bonds. The van der Waals surface area contributed by atoms with Crippen LogP contribution in [0.1, 0.15) is 55.3 Å². The summed E-state index contributed by atoms with van der Waals surface area (Å²) in [5, 5.41) is 10.1. The lowest BCUT2D eigenvalue weighted by Gasteiger charge is -2.27. The summed E-state index contributed by atoms with van der Waals surface area (Å²) >= 11 is 6.51. The number of halogens is 1. The first-order valence-electron chi connectivity index (χ1n) is 11.8. The SMILES string of the molecule is CCCOc1c(Cl)cc(C(C)(C)c2ccc(-c3cnc4c(n3)CCN(S(C)(=O)=O)C4)cc2)cc1C#N. The van der Waals surface area contributed by atoms with Crippen molar-refractivity contribution in [1.82, 2.24) is 14.3 Å². The summed E-state index contributed by atoms with van der Waals surface area (Å²) in [6.07, 6.45) is 4.27. The Morgan fingerprint density at radius 1 is 1.17 bits per heavy atom. The fourth-order valence-corrected chi connectivity index (χ4v) is 5.35. The van der Waals surface area contributed by atoms with E-state index < -0.39 is 15.4 Å². The molecule has 1 aliphatic heterocycles. The highest BCUT2D eigenvalue weighted by Crippen LogP contribution is 2.38. The molecule has 0 spiro atoms. The van der Waals surface area contributed by atoms with Gasteiger partial charge in [0.25, 0.3) is 0 Å². The minimum Gasteiger partial charge on any atom is -0.491 e. The van der Waals surface area contributed by atoms with Gasteiger partial charge in [0.2, 0.25) is 10.0 Å². The van der Waals surface area contributed by atoms with E-state index in [0.717, 1.165) is 34.5 Å². The van der Waals surface area contributed by atoms with Gasteiger partial charge in [-0.3, -0.25) is 4.98 Å². The van der Waals surface area contributed by atoms with Crippen molar-refractivity contribution in [2.45, 2.75) is 45.6 Å². The number of ether oxygens (including phenoxy) is 1. The Bertz CT molecular complexity index is 1430. The average Bonchev–Trinajstić information content (AvgIpc) is 2.86. The molecule has 0 fully saturated rings. The van der Waals surface area contributed by atoms with Crippen LogP contribution in [-0.4, -0.2) is 42.1 Å². The maximum atomic E-state index is 11.9. The zero-order chi connectivity index (χ0) is 26.1. The van der Waals surface area contributed by atoms with Crippen molar-refractivity contribution in [2.75, 3.05) is 19.4 Å². The van der Waals surface area contributed by atoms with Crippen LogP contribution in [0.4, 0.5) is 0 Å². The summed E-state index contributed by atoms with van der Waals surface area (Å²) in [5.74, 6) is 0.432. The molecular formula is C27H29ClN4O3S. The van der Waals surface area contributed by atoms with E-state index in [2.05, 4.69) is 24.9 Å². The lowest BCUT2D eigenvalue weighted by atomic mass is 9.77. The molecule has 1 aromatic heterocycles. The summed E-state index contributed by atoms with van der Waals surface area (Å²) in [7, 11) is -3.25. The molecule has 0 aliphatic carbocycles. The van der Waals surface area contributed by atoms with Crippen LogP contribution in [0.15, 0.2) is 42.6 Å². The quantitative estimate of drug-likeness (QED) is 0.426. The molecule has 0 unspecified atom stereocenters. The van der Waals surface area contributed by atoms with Crippen LogP contribution in [0.3, 0.4) is 0 Å². The number of sulfonamides is 1. The van der Waals surface area contributed by atoms with Gasteiger partial charge in [-0.25, -0.2) is 13.4 Å². The van der Waals surface area contributed by atoms with Crippen molar-refractivity contribution in [3.05, 3.63) is 75.7 Å². The number of nitriles is 1. The van der Waals surface area contributed by atoms with Crippen LogP contribution in [-0.2, 0) is 28.4 Å². The zero-order valence-electron chi connectivity index (χ0n) is 20.9. The molecule has 0 N–H and O–H groups in total. The van der Waals surface area contributed by atoms with E-state index in [1.54, 1.807) is 6.20 Å². The van der Waals surface area contributed by atoms with Gasteiger partial charge >= 0.3 is 0 Å². The van der Waals surface area contributed by atoms with Crippen molar-refractivity contribution in [2.24, 2.45) is 0 Å². The molecule has 0 bridgehead atoms. The Labute approximate surface area is 217 Å². The summed E-state index contributed by atoms with van der Waals surface area (Å²) in [5.41, 5.74) is 5.20. The number of aromatic nitrogens is 2.